The topological polar surface area (TPSA) is 55.4 Å². The van der Waals surface area contributed by atoms with E-state index in [1.54, 1.807) is 11.7 Å². The minimum Gasteiger partial charge on any atom is -0.468 e. The number of rotatable bonds is 5. The Morgan fingerprint density at radius 2 is 2.12 bits per heavy atom. The number of esters is 1. The first-order valence-electron chi connectivity index (χ1n) is 7.26. The Kier molecular flexibility index (Phi) is 5.94. The SMILES string of the molecule is COC(=O)CNC1=C(c2cccc(C(F)(F)F)c2)C(=O)C(=CSC)C1. The van der Waals surface area contributed by atoms with E-state index < -0.39 is 17.7 Å². The van der Waals surface area contributed by atoms with E-state index in [1.807, 2.05) is 0 Å². The second-order valence-corrected chi connectivity index (χ2v) is 5.95. The molecule has 0 atom stereocenters. The summed E-state index contributed by atoms with van der Waals surface area (Å²) < 4.78 is 43.4. The number of alkyl halides is 3. The number of methoxy groups -OCH3 is 1. The van der Waals surface area contributed by atoms with E-state index in [9.17, 15) is 22.8 Å². The van der Waals surface area contributed by atoms with Gasteiger partial charge >= 0.3 is 12.1 Å². The lowest BCUT2D eigenvalue weighted by Gasteiger charge is -2.11. The van der Waals surface area contributed by atoms with Crippen LogP contribution in [-0.4, -0.2) is 31.7 Å². The van der Waals surface area contributed by atoms with Gasteiger partial charge in [0.15, 0.2) is 5.78 Å². The van der Waals surface area contributed by atoms with Gasteiger partial charge in [-0.25, -0.2) is 0 Å². The van der Waals surface area contributed by atoms with Crippen LogP contribution in [0.15, 0.2) is 40.9 Å². The minimum atomic E-state index is -4.50. The number of carbonyl (C=O) groups excluding carboxylic acids is 2. The number of benzene rings is 1. The number of carbonyl (C=O) groups is 2. The van der Waals surface area contributed by atoms with Crippen LogP contribution in [0.3, 0.4) is 0 Å². The van der Waals surface area contributed by atoms with E-state index in [0.29, 0.717) is 11.3 Å². The van der Waals surface area contributed by atoms with E-state index in [0.717, 1.165) is 12.1 Å². The first-order valence-corrected chi connectivity index (χ1v) is 8.54. The first kappa shape index (κ1) is 19.1. The monoisotopic (exact) mass is 371 g/mol. The molecule has 1 aromatic carbocycles. The highest BCUT2D eigenvalue weighted by molar-refractivity contribution is 8.01. The molecule has 25 heavy (non-hydrogen) atoms. The molecule has 0 bridgehead atoms. The molecule has 134 valence electrons. The predicted molar refractivity (Wildman–Crippen MR) is 89.6 cm³/mol. The minimum absolute atomic E-state index is 0.148. The highest BCUT2D eigenvalue weighted by Crippen LogP contribution is 2.37. The van der Waals surface area contributed by atoms with Crippen molar-refractivity contribution in [1.82, 2.24) is 5.32 Å². The zero-order valence-electron chi connectivity index (χ0n) is 13.6. The molecule has 1 aliphatic rings. The quantitative estimate of drug-likeness (QED) is 0.635. The molecule has 1 aromatic rings. The summed E-state index contributed by atoms with van der Waals surface area (Å²) in [7, 11) is 1.23. The molecule has 8 heteroatoms. The molecule has 4 nitrogen and oxygen atoms in total. The smallest absolute Gasteiger partial charge is 0.416 e. The number of halogens is 3. The van der Waals surface area contributed by atoms with Gasteiger partial charge in [0.2, 0.25) is 0 Å². The summed E-state index contributed by atoms with van der Waals surface area (Å²) in [5.41, 5.74) is 0.356. The fraction of sp³-hybridized carbons (Fsp3) is 0.294. The van der Waals surface area contributed by atoms with Crippen LogP contribution in [0.5, 0.6) is 0 Å². The van der Waals surface area contributed by atoms with Gasteiger partial charge in [0.05, 0.1) is 12.7 Å². The predicted octanol–water partition coefficient (Wildman–Crippen LogP) is 3.40. The van der Waals surface area contributed by atoms with Crippen molar-refractivity contribution >= 4 is 29.1 Å². The summed E-state index contributed by atoms with van der Waals surface area (Å²) in [4.78, 5) is 23.9. The van der Waals surface area contributed by atoms with Gasteiger partial charge < -0.3 is 10.1 Å². The molecule has 0 saturated heterocycles. The number of nitrogens with one attached hydrogen (secondary N) is 1. The van der Waals surface area contributed by atoms with Crippen molar-refractivity contribution in [2.45, 2.75) is 12.6 Å². The number of hydrogen-bond acceptors (Lipinski definition) is 5. The van der Waals surface area contributed by atoms with E-state index in [1.165, 1.54) is 31.0 Å². The number of allylic oxidation sites excluding steroid dienone is 2. The molecule has 1 N–H and O–H groups in total. The largest absolute Gasteiger partial charge is 0.468 e. The molecule has 0 aliphatic heterocycles. The van der Waals surface area contributed by atoms with Crippen LogP contribution in [0.1, 0.15) is 17.5 Å². The normalized spacial score (nSPS) is 16.5. The summed E-state index contributed by atoms with van der Waals surface area (Å²) in [5, 5.41) is 4.47. The highest BCUT2D eigenvalue weighted by Gasteiger charge is 2.33. The third-order valence-corrected chi connectivity index (χ3v) is 4.12. The highest BCUT2D eigenvalue weighted by atomic mass is 32.2. The zero-order chi connectivity index (χ0) is 18.6. The summed E-state index contributed by atoms with van der Waals surface area (Å²) in [6.07, 6.45) is -2.50. The van der Waals surface area contributed by atoms with Crippen LogP contribution in [-0.2, 0) is 20.5 Å². The standard InChI is InChI=1S/C17H16F3NO3S/c1-24-14(22)8-21-13-7-11(9-25-2)16(23)15(13)10-4-3-5-12(6-10)17(18,19)20/h3-6,9,21H,7-8H2,1-2H3. The second-order valence-electron chi connectivity index (χ2n) is 5.25. The molecule has 1 aliphatic carbocycles. The Morgan fingerprint density at radius 1 is 1.40 bits per heavy atom. The van der Waals surface area contributed by atoms with Gasteiger partial charge in [0.1, 0.15) is 6.54 Å². The average Bonchev–Trinajstić information content (AvgIpc) is 2.88. The molecular weight excluding hydrogens is 355 g/mol. The number of hydrogen-bond donors (Lipinski definition) is 1. The Balaban J connectivity index is 2.45. The molecule has 0 saturated carbocycles. The van der Waals surface area contributed by atoms with Crippen molar-refractivity contribution < 1.29 is 27.5 Å². The maximum atomic E-state index is 13.0. The van der Waals surface area contributed by atoms with E-state index in [2.05, 4.69) is 10.1 Å². The maximum absolute atomic E-state index is 13.0. The number of ketones is 1. The molecule has 0 unspecified atom stereocenters. The first-order chi connectivity index (χ1) is 11.8. The lowest BCUT2D eigenvalue weighted by atomic mass is 10.00. The van der Waals surface area contributed by atoms with Gasteiger partial charge in [-0.2, -0.15) is 13.2 Å². The summed E-state index contributed by atoms with van der Waals surface area (Å²) in [5.74, 6) is -0.883. The van der Waals surface area contributed by atoms with Crippen LogP contribution in [0.2, 0.25) is 0 Å². The van der Waals surface area contributed by atoms with Gasteiger partial charge in [0, 0.05) is 23.3 Å². The van der Waals surface area contributed by atoms with Crippen LogP contribution < -0.4 is 5.32 Å². The fourth-order valence-corrected chi connectivity index (χ4v) is 2.93. The Morgan fingerprint density at radius 3 is 2.72 bits per heavy atom. The molecule has 0 spiro atoms. The van der Waals surface area contributed by atoms with E-state index >= 15 is 0 Å². The lowest BCUT2D eigenvalue weighted by molar-refractivity contribution is -0.139. The average molecular weight is 371 g/mol. The van der Waals surface area contributed by atoms with Crippen LogP contribution in [0, 0.1) is 0 Å². The Bertz CT molecular complexity index is 754. The number of thioether (sulfide) groups is 1. The van der Waals surface area contributed by atoms with Gasteiger partial charge in [0.25, 0.3) is 0 Å². The van der Waals surface area contributed by atoms with Crippen LogP contribution in [0.25, 0.3) is 5.57 Å². The van der Waals surface area contributed by atoms with Crippen LogP contribution >= 0.6 is 11.8 Å². The van der Waals surface area contributed by atoms with Gasteiger partial charge in [-0.1, -0.05) is 12.1 Å². The lowest BCUT2D eigenvalue weighted by Crippen LogP contribution is -2.23. The van der Waals surface area contributed by atoms with Gasteiger partial charge in [-0.3, -0.25) is 9.59 Å². The van der Waals surface area contributed by atoms with Crippen molar-refractivity contribution in [3.05, 3.63) is 52.1 Å². The molecule has 0 amide bonds. The molecule has 0 fully saturated rings. The molecule has 0 heterocycles. The maximum Gasteiger partial charge on any atom is 0.416 e. The summed E-state index contributed by atoms with van der Waals surface area (Å²) >= 11 is 1.33. The van der Waals surface area contributed by atoms with Crippen LogP contribution in [0.4, 0.5) is 13.2 Å². The molecular formula is C17H16F3NO3S. The van der Waals surface area contributed by atoms with Crippen molar-refractivity contribution in [2.24, 2.45) is 0 Å². The van der Waals surface area contributed by atoms with Crippen molar-refractivity contribution in [1.29, 1.82) is 0 Å². The molecule has 0 aromatic heterocycles. The number of ether oxygens (including phenoxy) is 1. The van der Waals surface area contributed by atoms with E-state index in [-0.39, 0.29) is 29.9 Å². The van der Waals surface area contributed by atoms with Crippen molar-refractivity contribution in [3.8, 4) is 0 Å². The van der Waals surface area contributed by atoms with Crippen molar-refractivity contribution in [3.63, 3.8) is 0 Å². The fourth-order valence-electron chi connectivity index (χ4n) is 2.45. The Hall–Kier alpha value is -2.22. The van der Waals surface area contributed by atoms with Crippen molar-refractivity contribution in [2.75, 3.05) is 19.9 Å². The summed E-state index contributed by atoms with van der Waals surface area (Å²) in [6.45, 7) is -0.172. The summed E-state index contributed by atoms with van der Waals surface area (Å²) in [6, 6.07) is 4.59. The Labute approximate surface area is 147 Å². The third-order valence-electron chi connectivity index (χ3n) is 3.60. The second kappa shape index (κ2) is 7.77. The van der Waals surface area contributed by atoms with E-state index in [4.69, 9.17) is 0 Å². The number of Topliss-reactive ketones (excluding diaryl/α,β-unsaturated/α-hetero) is 1. The van der Waals surface area contributed by atoms with Gasteiger partial charge in [-0.05, 0) is 29.4 Å². The van der Waals surface area contributed by atoms with Gasteiger partial charge in [-0.15, -0.1) is 11.8 Å². The zero-order valence-corrected chi connectivity index (χ0v) is 14.4. The molecule has 2 rings (SSSR count). The third kappa shape index (κ3) is 4.45. The molecule has 0 radical (unpaired) electrons.